The Morgan fingerprint density at radius 3 is 2.57 bits per heavy atom. The molecule has 0 amide bonds. The van der Waals surface area contributed by atoms with E-state index >= 15 is 0 Å². The van der Waals surface area contributed by atoms with Crippen molar-refractivity contribution in [3.63, 3.8) is 0 Å². The molecule has 0 saturated heterocycles. The Bertz CT molecular complexity index is 260. The topological polar surface area (TPSA) is 76.3 Å². The lowest BCUT2D eigenvalue weighted by molar-refractivity contribution is -0.742. The first-order valence-electron chi connectivity index (χ1n) is 4.32. The summed E-state index contributed by atoms with van der Waals surface area (Å²) in [5, 5.41) is 13.6. The number of hydrogen-bond acceptors (Lipinski definition) is 3. The molecule has 0 spiro atoms. The summed E-state index contributed by atoms with van der Waals surface area (Å²) in [7, 11) is 0. The van der Waals surface area contributed by atoms with Crippen LogP contribution in [-0.2, 0) is 0 Å². The predicted octanol–water partition coefficient (Wildman–Crippen LogP) is 2.25. The normalized spacial score (nSPS) is 11.0. The summed E-state index contributed by atoms with van der Waals surface area (Å²) in [6.07, 6.45) is 3.01. The van der Waals surface area contributed by atoms with Crippen LogP contribution < -0.4 is 0 Å². The van der Waals surface area contributed by atoms with Crippen molar-refractivity contribution >= 4 is 0 Å². The maximum atomic E-state index is 8.36. The van der Waals surface area contributed by atoms with Crippen molar-refractivity contribution in [2.24, 2.45) is 0 Å². The Kier molecular flexibility index (Phi) is 6.02. The molecule has 0 saturated carbocycles. The molecule has 5 heteroatoms. The van der Waals surface area contributed by atoms with Crippen LogP contribution in [0.15, 0.2) is 24.4 Å². The SMILES string of the molecule is CCC(C)c1ccccn1.O=[N+]([O-])O. The third kappa shape index (κ3) is 5.93. The second-order valence-corrected chi connectivity index (χ2v) is 2.80. The smallest absolute Gasteiger partial charge is 0.291 e. The van der Waals surface area contributed by atoms with Gasteiger partial charge >= 0.3 is 0 Å². The summed E-state index contributed by atoms with van der Waals surface area (Å²) in [4.78, 5) is 12.6. The van der Waals surface area contributed by atoms with Crippen molar-refractivity contribution in [2.75, 3.05) is 0 Å². The molecule has 1 heterocycles. The fraction of sp³-hybridized carbons (Fsp3) is 0.444. The highest BCUT2D eigenvalue weighted by atomic mass is 16.9. The number of nitrogens with zero attached hydrogens (tertiary/aromatic N) is 2. The molecule has 0 aromatic carbocycles. The molecule has 1 aromatic heterocycles. The van der Waals surface area contributed by atoms with Crippen molar-refractivity contribution in [2.45, 2.75) is 26.2 Å². The van der Waals surface area contributed by atoms with Crippen molar-refractivity contribution in [3.05, 3.63) is 40.2 Å². The van der Waals surface area contributed by atoms with Crippen molar-refractivity contribution in [3.8, 4) is 0 Å². The summed E-state index contributed by atoms with van der Waals surface area (Å²) in [5.74, 6) is 0.598. The highest BCUT2D eigenvalue weighted by molar-refractivity contribution is 5.07. The maximum Gasteiger partial charge on any atom is 0.291 e. The summed E-state index contributed by atoms with van der Waals surface area (Å²) in [6.45, 7) is 4.38. The van der Waals surface area contributed by atoms with E-state index in [0.717, 1.165) is 6.42 Å². The van der Waals surface area contributed by atoms with Crippen LogP contribution in [0, 0.1) is 10.1 Å². The number of aromatic nitrogens is 1. The molecule has 0 fully saturated rings. The second-order valence-electron chi connectivity index (χ2n) is 2.80. The molecule has 1 aromatic rings. The van der Waals surface area contributed by atoms with Gasteiger partial charge in [-0.1, -0.05) is 19.9 Å². The summed E-state index contributed by atoms with van der Waals surface area (Å²) in [6, 6.07) is 6.06. The summed E-state index contributed by atoms with van der Waals surface area (Å²) < 4.78 is 0. The van der Waals surface area contributed by atoms with Gasteiger partial charge in [-0.2, -0.15) is 0 Å². The van der Waals surface area contributed by atoms with Crippen molar-refractivity contribution < 1.29 is 10.3 Å². The highest BCUT2D eigenvalue weighted by Gasteiger charge is 2.00. The van der Waals surface area contributed by atoms with E-state index in [0.29, 0.717) is 5.92 Å². The molecule has 0 aliphatic carbocycles. The minimum absolute atomic E-state index is 0.598. The lowest BCUT2D eigenvalue weighted by Gasteiger charge is -2.05. The molecule has 78 valence electrons. The van der Waals surface area contributed by atoms with Crippen LogP contribution in [0.5, 0.6) is 0 Å². The van der Waals surface area contributed by atoms with E-state index < -0.39 is 5.09 Å². The molecule has 1 rings (SSSR count). The van der Waals surface area contributed by atoms with E-state index in [1.165, 1.54) is 5.69 Å². The van der Waals surface area contributed by atoms with Crippen LogP contribution in [-0.4, -0.2) is 15.3 Å². The predicted molar refractivity (Wildman–Crippen MR) is 51.7 cm³/mol. The monoisotopic (exact) mass is 198 g/mol. The van der Waals surface area contributed by atoms with Gasteiger partial charge in [-0.3, -0.25) is 4.98 Å². The number of pyridine rings is 1. The molecule has 5 nitrogen and oxygen atoms in total. The first kappa shape index (κ1) is 12.3. The molecule has 1 N–H and O–H groups in total. The van der Waals surface area contributed by atoms with Crippen LogP contribution in [0.1, 0.15) is 31.9 Å². The minimum Gasteiger partial charge on any atom is -0.328 e. The van der Waals surface area contributed by atoms with E-state index in [9.17, 15) is 0 Å². The van der Waals surface area contributed by atoms with Crippen LogP contribution in [0.3, 0.4) is 0 Å². The molecular weight excluding hydrogens is 184 g/mol. The average Bonchev–Trinajstić information content (AvgIpc) is 2.17. The number of hydrogen-bond donors (Lipinski definition) is 1. The van der Waals surface area contributed by atoms with Gasteiger partial charge in [-0.25, -0.2) is 0 Å². The zero-order chi connectivity index (χ0) is 11.0. The Balaban J connectivity index is 0.000000364. The van der Waals surface area contributed by atoms with E-state index in [1.807, 2.05) is 18.3 Å². The third-order valence-corrected chi connectivity index (χ3v) is 1.81. The van der Waals surface area contributed by atoms with Crippen LogP contribution >= 0.6 is 0 Å². The Labute approximate surface area is 82.5 Å². The van der Waals surface area contributed by atoms with E-state index in [1.54, 1.807) is 0 Å². The van der Waals surface area contributed by atoms with Gasteiger partial charge in [-0.15, -0.1) is 10.1 Å². The van der Waals surface area contributed by atoms with Crippen molar-refractivity contribution in [1.82, 2.24) is 4.98 Å². The lowest BCUT2D eigenvalue weighted by Crippen LogP contribution is -1.93. The molecule has 0 aliphatic heterocycles. The fourth-order valence-electron chi connectivity index (χ4n) is 0.877. The van der Waals surface area contributed by atoms with Gasteiger partial charge in [0.05, 0.1) is 0 Å². The molecule has 0 radical (unpaired) electrons. The Morgan fingerprint density at radius 2 is 2.21 bits per heavy atom. The second kappa shape index (κ2) is 6.82. The molecule has 1 unspecified atom stereocenters. The first-order valence-corrected chi connectivity index (χ1v) is 4.32. The quantitative estimate of drug-likeness (QED) is 0.584. The van der Waals surface area contributed by atoms with Crippen LogP contribution in [0.4, 0.5) is 0 Å². The van der Waals surface area contributed by atoms with Crippen LogP contribution in [0.2, 0.25) is 0 Å². The maximum absolute atomic E-state index is 8.36. The zero-order valence-corrected chi connectivity index (χ0v) is 8.25. The van der Waals surface area contributed by atoms with Gasteiger partial charge in [0, 0.05) is 11.9 Å². The van der Waals surface area contributed by atoms with E-state index in [-0.39, 0.29) is 0 Å². The Hall–Kier alpha value is -1.65. The molecule has 14 heavy (non-hydrogen) atoms. The van der Waals surface area contributed by atoms with Gasteiger partial charge in [0.2, 0.25) is 0 Å². The first-order chi connectivity index (χ1) is 6.57. The lowest BCUT2D eigenvalue weighted by atomic mass is 10.1. The summed E-state index contributed by atoms with van der Waals surface area (Å²) >= 11 is 0. The van der Waals surface area contributed by atoms with Gasteiger partial charge in [0.1, 0.15) is 0 Å². The molecule has 0 bridgehead atoms. The highest BCUT2D eigenvalue weighted by Crippen LogP contribution is 2.14. The van der Waals surface area contributed by atoms with Crippen molar-refractivity contribution in [1.29, 1.82) is 0 Å². The average molecular weight is 198 g/mol. The molecule has 1 atom stereocenters. The van der Waals surface area contributed by atoms with E-state index in [4.69, 9.17) is 15.3 Å². The largest absolute Gasteiger partial charge is 0.328 e. The van der Waals surface area contributed by atoms with Gasteiger partial charge in [0.15, 0.2) is 0 Å². The molecule has 0 aliphatic rings. The minimum atomic E-state index is -1.50. The van der Waals surface area contributed by atoms with Gasteiger partial charge in [0.25, 0.3) is 5.09 Å². The molecular formula is C9H14N2O3. The van der Waals surface area contributed by atoms with Gasteiger partial charge < -0.3 is 5.21 Å². The number of rotatable bonds is 2. The van der Waals surface area contributed by atoms with Crippen LogP contribution in [0.25, 0.3) is 0 Å². The van der Waals surface area contributed by atoms with Gasteiger partial charge in [-0.05, 0) is 24.5 Å². The fourth-order valence-corrected chi connectivity index (χ4v) is 0.877. The Morgan fingerprint density at radius 1 is 1.64 bits per heavy atom. The van der Waals surface area contributed by atoms with E-state index in [2.05, 4.69) is 24.9 Å². The standard InChI is InChI=1S/C9H13N.HNO3/c1-3-8(2)9-6-4-5-7-10-9;2-1(3)4/h4-8H,3H2,1-2H3;(H,2,3,4). The third-order valence-electron chi connectivity index (χ3n) is 1.81. The summed E-state index contributed by atoms with van der Waals surface area (Å²) in [5.41, 5.74) is 1.20. The zero-order valence-electron chi connectivity index (χ0n) is 8.25.